The summed E-state index contributed by atoms with van der Waals surface area (Å²) in [6, 6.07) is 0.960. The molecule has 0 aromatic rings. The minimum atomic E-state index is 0.156. The monoisotopic (exact) mass is 226 g/mol. The van der Waals surface area contributed by atoms with Crippen LogP contribution in [-0.2, 0) is 4.74 Å². The highest BCUT2D eigenvalue weighted by Crippen LogP contribution is 2.37. The fourth-order valence-electron chi connectivity index (χ4n) is 2.82. The van der Waals surface area contributed by atoms with Gasteiger partial charge in [0.25, 0.3) is 0 Å². The quantitative estimate of drug-likeness (QED) is 0.792. The fraction of sp³-hybridized carbons (Fsp3) is 1.00. The third kappa shape index (κ3) is 2.58. The maximum Gasteiger partial charge on any atom is 0.0850 e. The van der Waals surface area contributed by atoms with Gasteiger partial charge in [-0.15, -0.1) is 0 Å². The van der Waals surface area contributed by atoms with Gasteiger partial charge in [-0.05, 0) is 31.6 Å². The second-order valence-corrected chi connectivity index (χ2v) is 5.89. The Morgan fingerprint density at radius 1 is 1.25 bits per heavy atom. The maximum atomic E-state index is 5.91. The van der Waals surface area contributed by atoms with Gasteiger partial charge in [0, 0.05) is 25.2 Å². The molecule has 1 saturated carbocycles. The van der Waals surface area contributed by atoms with Crippen molar-refractivity contribution in [3.63, 3.8) is 0 Å². The van der Waals surface area contributed by atoms with Crippen LogP contribution in [0.15, 0.2) is 0 Å². The maximum absolute atomic E-state index is 5.91. The highest BCUT2D eigenvalue weighted by Gasteiger charge is 2.37. The van der Waals surface area contributed by atoms with Gasteiger partial charge in [0.15, 0.2) is 0 Å². The van der Waals surface area contributed by atoms with Crippen molar-refractivity contribution in [1.82, 2.24) is 4.90 Å². The Kier molecular flexibility index (Phi) is 3.88. The van der Waals surface area contributed by atoms with E-state index in [9.17, 15) is 0 Å². The minimum Gasteiger partial charge on any atom is -0.374 e. The number of rotatable bonds is 3. The lowest BCUT2D eigenvalue weighted by Gasteiger charge is -2.48. The zero-order valence-corrected chi connectivity index (χ0v) is 10.9. The van der Waals surface area contributed by atoms with Crippen molar-refractivity contribution in [3.05, 3.63) is 0 Å². The molecule has 0 radical (unpaired) electrons. The molecule has 16 heavy (non-hydrogen) atoms. The van der Waals surface area contributed by atoms with Gasteiger partial charge in [-0.2, -0.15) is 0 Å². The largest absolute Gasteiger partial charge is 0.374 e. The number of hydrogen-bond acceptors (Lipinski definition) is 3. The minimum absolute atomic E-state index is 0.156. The van der Waals surface area contributed by atoms with Crippen LogP contribution in [0.2, 0.25) is 0 Å². The van der Waals surface area contributed by atoms with E-state index in [1.807, 2.05) is 6.92 Å². The molecule has 0 bridgehead atoms. The Morgan fingerprint density at radius 2 is 1.94 bits per heavy atom. The van der Waals surface area contributed by atoms with Gasteiger partial charge < -0.3 is 10.5 Å². The van der Waals surface area contributed by atoms with Crippen molar-refractivity contribution in [2.45, 2.75) is 51.8 Å². The van der Waals surface area contributed by atoms with E-state index in [-0.39, 0.29) is 12.1 Å². The molecule has 2 rings (SSSR count). The standard InChI is InChI=1S/C13H26N2O/c1-9(2)11-6-12(7-11)15-4-5-16-13(8-15)10(3)14/h9-13H,4-8,14H2,1-3H3. The van der Waals surface area contributed by atoms with E-state index in [4.69, 9.17) is 10.5 Å². The van der Waals surface area contributed by atoms with Crippen molar-refractivity contribution >= 4 is 0 Å². The van der Waals surface area contributed by atoms with Gasteiger partial charge in [0.2, 0.25) is 0 Å². The van der Waals surface area contributed by atoms with Crippen LogP contribution >= 0.6 is 0 Å². The van der Waals surface area contributed by atoms with Gasteiger partial charge in [0.1, 0.15) is 0 Å². The molecular formula is C13H26N2O. The van der Waals surface area contributed by atoms with E-state index in [0.717, 1.165) is 37.6 Å². The Hall–Kier alpha value is -0.120. The number of nitrogens with two attached hydrogens (primary N) is 1. The van der Waals surface area contributed by atoms with Crippen molar-refractivity contribution < 1.29 is 4.74 Å². The van der Waals surface area contributed by atoms with Gasteiger partial charge in [-0.1, -0.05) is 13.8 Å². The summed E-state index contributed by atoms with van der Waals surface area (Å²) in [5.41, 5.74) is 5.91. The summed E-state index contributed by atoms with van der Waals surface area (Å²) in [5, 5.41) is 0. The van der Waals surface area contributed by atoms with E-state index in [0.29, 0.717) is 0 Å². The molecule has 1 heterocycles. The van der Waals surface area contributed by atoms with Crippen LogP contribution < -0.4 is 5.73 Å². The zero-order chi connectivity index (χ0) is 11.7. The van der Waals surface area contributed by atoms with Gasteiger partial charge in [-0.25, -0.2) is 0 Å². The molecule has 2 atom stereocenters. The summed E-state index contributed by atoms with van der Waals surface area (Å²) >= 11 is 0. The lowest BCUT2D eigenvalue weighted by atomic mass is 9.73. The molecule has 1 saturated heterocycles. The Balaban J connectivity index is 1.78. The van der Waals surface area contributed by atoms with Crippen molar-refractivity contribution in [3.8, 4) is 0 Å². The first-order chi connectivity index (χ1) is 7.58. The molecule has 3 nitrogen and oxygen atoms in total. The molecule has 0 aromatic heterocycles. The van der Waals surface area contributed by atoms with Crippen molar-refractivity contribution in [2.24, 2.45) is 17.6 Å². The first kappa shape index (κ1) is 12.3. The van der Waals surface area contributed by atoms with Gasteiger partial charge in [0.05, 0.1) is 12.7 Å². The molecule has 1 aliphatic carbocycles. The van der Waals surface area contributed by atoms with Crippen molar-refractivity contribution in [2.75, 3.05) is 19.7 Å². The highest BCUT2D eigenvalue weighted by atomic mass is 16.5. The zero-order valence-electron chi connectivity index (χ0n) is 10.9. The molecule has 94 valence electrons. The molecule has 0 spiro atoms. The molecule has 1 aliphatic heterocycles. The molecule has 3 heteroatoms. The summed E-state index contributed by atoms with van der Waals surface area (Å²) in [5.74, 6) is 1.79. The molecular weight excluding hydrogens is 200 g/mol. The van der Waals surface area contributed by atoms with Crippen LogP contribution in [0.5, 0.6) is 0 Å². The first-order valence-electron chi connectivity index (χ1n) is 6.69. The van der Waals surface area contributed by atoms with E-state index in [2.05, 4.69) is 18.7 Å². The molecule has 2 fully saturated rings. The summed E-state index contributed by atoms with van der Waals surface area (Å²) in [6.45, 7) is 9.71. The molecule has 2 unspecified atom stereocenters. The second-order valence-electron chi connectivity index (χ2n) is 5.89. The van der Waals surface area contributed by atoms with E-state index >= 15 is 0 Å². The lowest BCUT2D eigenvalue weighted by Crippen LogP contribution is -2.56. The highest BCUT2D eigenvalue weighted by molar-refractivity contribution is 4.91. The van der Waals surface area contributed by atoms with Gasteiger partial charge >= 0.3 is 0 Å². The predicted octanol–water partition coefficient (Wildman–Crippen LogP) is 1.47. The normalized spacial score (nSPS) is 38.4. The van der Waals surface area contributed by atoms with E-state index < -0.39 is 0 Å². The summed E-state index contributed by atoms with van der Waals surface area (Å²) < 4.78 is 5.70. The van der Waals surface area contributed by atoms with Crippen LogP contribution in [0.1, 0.15) is 33.6 Å². The molecule has 2 N–H and O–H groups in total. The molecule has 0 aromatic carbocycles. The number of ether oxygens (including phenoxy) is 1. The first-order valence-corrected chi connectivity index (χ1v) is 6.69. The van der Waals surface area contributed by atoms with Crippen molar-refractivity contribution in [1.29, 1.82) is 0 Å². The van der Waals surface area contributed by atoms with E-state index in [1.54, 1.807) is 0 Å². The molecule has 0 amide bonds. The predicted molar refractivity (Wildman–Crippen MR) is 66.3 cm³/mol. The summed E-state index contributed by atoms with van der Waals surface area (Å²) in [4.78, 5) is 2.59. The SMILES string of the molecule is CC(C)C1CC(N2CCOC(C(C)N)C2)C1. The average Bonchev–Trinajstić information content (AvgIpc) is 2.15. The number of morpholine rings is 1. The third-order valence-corrected chi connectivity index (χ3v) is 4.32. The smallest absolute Gasteiger partial charge is 0.0850 e. The second kappa shape index (κ2) is 5.03. The lowest BCUT2D eigenvalue weighted by molar-refractivity contribution is -0.0743. The Bertz CT molecular complexity index is 224. The third-order valence-electron chi connectivity index (χ3n) is 4.32. The summed E-state index contributed by atoms with van der Waals surface area (Å²) in [7, 11) is 0. The number of hydrogen-bond donors (Lipinski definition) is 1. The Labute approximate surface area is 99.3 Å². The van der Waals surface area contributed by atoms with Crippen LogP contribution in [0.4, 0.5) is 0 Å². The summed E-state index contributed by atoms with van der Waals surface area (Å²) in [6.07, 6.45) is 3.00. The van der Waals surface area contributed by atoms with Crippen LogP contribution in [0, 0.1) is 11.8 Å². The van der Waals surface area contributed by atoms with E-state index in [1.165, 1.54) is 12.8 Å². The van der Waals surface area contributed by atoms with Crippen LogP contribution in [-0.4, -0.2) is 42.8 Å². The molecule has 2 aliphatic rings. The number of nitrogens with zero attached hydrogens (tertiary/aromatic N) is 1. The van der Waals surface area contributed by atoms with Crippen LogP contribution in [0.25, 0.3) is 0 Å². The fourth-order valence-corrected chi connectivity index (χ4v) is 2.82. The topological polar surface area (TPSA) is 38.5 Å². The average molecular weight is 226 g/mol. The van der Waals surface area contributed by atoms with Crippen LogP contribution in [0.3, 0.4) is 0 Å². The van der Waals surface area contributed by atoms with Gasteiger partial charge in [-0.3, -0.25) is 4.90 Å². The Morgan fingerprint density at radius 3 is 2.50 bits per heavy atom.